The van der Waals surface area contributed by atoms with Crippen LogP contribution >= 0.6 is 28.3 Å². The van der Waals surface area contributed by atoms with Crippen molar-refractivity contribution < 1.29 is 9.18 Å². The van der Waals surface area contributed by atoms with E-state index in [2.05, 4.69) is 26.6 Å². The lowest BCUT2D eigenvalue weighted by molar-refractivity contribution is -0.118. The summed E-state index contributed by atoms with van der Waals surface area (Å²) < 4.78 is 14.2. The van der Waals surface area contributed by atoms with E-state index >= 15 is 0 Å². The van der Waals surface area contributed by atoms with Gasteiger partial charge >= 0.3 is 0 Å². The van der Waals surface area contributed by atoms with Crippen molar-refractivity contribution in [3.8, 4) is 0 Å². The molecule has 2 rings (SSSR count). The first-order valence-electron chi connectivity index (χ1n) is 5.66. The maximum atomic E-state index is 13.4. The zero-order valence-corrected chi connectivity index (χ0v) is 12.1. The van der Waals surface area contributed by atoms with Gasteiger partial charge in [0, 0.05) is 4.47 Å². The Bertz CT molecular complexity index is 425. The minimum absolute atomic E-state index is 0. The second kappa shape index (κ2) is 7.07. The monoisotopic (exact) mass is 336 g/mol. The van der Waals surface area contributed by atoms with Crippen molar-refractivity contribution in [3.05, 3.63) is 28.5 Å². The van der Waals surface area contributed by atoms with Crippen LogP contribution in [0.4, 0.5) is 10.1 Å². The van der Waals surface area contributed by atoms with E-state index in [1.807, 2.05) is 0 Å². The van der Waals surface area contributed by atoms with Crippen LogP contribution in [0.2, 0.25) is 0 Å². The molecule has 1 fully saturated rings. The number of piperidine rings is 1. The Morgan fingerprint density at radius 1 is 1.44 bits per heavy atom. The van der Waals surface area contributed by atoms with Gasteiger partial charge in [0.1, 0.15) is 5.82 Å². The first kappa shape index (κ1) is 15.4. The topological polar surface area (TPSA) is 41.1 Å². The third kappa shape index (κ3) is 3.93. The third-order valence-electron chi connectivity index (χ3n) is 2.81. The minimum atomic E-state index is -0.419. The van der Waals surface area contributed by atoms with Crippen LogP contribution in [0.15, 0.2) is 22.7 Å². The van der Waals surface area contributed by atoms with Crippen LogP contribution in [0.1, 0.15) is 19.3 Å². The minimum Gasteiger partial charge on any atom is -0.322 e. The maximum Gasteiger partial charge on any atom is 0.241 e. The Morgan fingerprint density at radius 3 is 2.89 bits per heavy atom. The molecular formula is C12H15BrClFN2O. The lowest BCUT2D eigenvalue weighted by Gasteiger charge is -2.22. The Labute approximate surface area is 120 Å². The van der Waals surface area contributed by atoms with Crippen LogP contribution in [0.3, 0.4) is 0 Å². The van der Waals surface area contributed by atoms with E-state index in [0.717, 1.165) is 30.3 Å². The lowest BCUT2D eigenvalue weighted by atomic mass is 10.0. The Morgan fingerprint density at radius 2 is 2.22 bits per heavy atom. The molecule has 18 heavy (non-hydrogen) atoms. The molecule has 0 aromatic heterocycles. The van der Waals surface area contributed by atoms with Crippen molar-refractivity contribution in [2.45, 2.75) is 25.3 Å². The third-order valence-corrected chi connectivity index (χ3v) is 3.31. The number of anilines is 1. The summed E-state index contributed by atoms with van der Waals surface area (Å²) in [7, 11) is 0. The zero-order chi connectivity index (χ0) is 12.3. The van der Waals surface area contributed by atoms with Gasteiger partial charge < -0.3 is 10.6 Å². The molecule has 0 bridgehead atoms. The van der Waals surface area contributed by atoms with Gasteiger partial charge in [0.15, 0.2) is 0 Å². The fraction of sp³-hybridized carbons (Fsp3) is 0.417. The Kier molecular flexibility index (Phi) is 6.05. The van der Waals surface area contributed by atoms with Gasteiger partial charge in [-0.1, -0.05) is 22.4 Å². The first-order valence-corrected chi connectivity index (χ1v) is 6.45. The molecule has 1 aliphatic heterocycles. The normalized spacial score (nSPS) is 18.9. The number of benzene rings is 1. The number of amides is 1. The van der Waals surface area contributed by atoms with E-state index in [-0.39, 0.29) is 30.0 Å². The number of carbonyl (C=O) groups is 1. The summed E-state index contributed by atoms with van der Waals surface area (Å²) in [6.07, 6.45) is 2.93. The predicted molar refractivity (Wildman–Crippen MR) is 75.6 cm³/mol. The van der Waals surface area contributed by atoms with Crippen molar-refractivity contribution in [3.63, 3.8) is 0 Å². The molecule has 0 saturated carbocycles. The van der Waals surface area contributed by atoms with E-state index in [9.17, 15) is 9.18 Å². The van der Waals surface area contributed by atoms with E-state index < -0.39 is 5.82 Å². The predicted octanol–water partition coefficient (Wildman–Crippen LogP) is 3.09. The molecule has 1 atom stereocenters. The van der Waals surface area contributed by atoms with Crippen molar-refractivity contribution >= 4 is 39.9 Å². The largest absolute Gasteiger partial charge is 0.322 e. The Hall–Kier alpha value is -0.650. The van der Waals surface area contributed by atoms with Crippen LogP contribution in [-0.4, -0.2) is 18.5 Å². The molecule has 0 aliphatic carbocycles. The molecule has 0 radical (unpaired) electrons. The first-order chi connectivity index (χ1) is 8.16. The summed E-state index contributed by atoms with van der Waals surface area (Å²) in [4.78, 5) is 11.9. The second-order valence-corrected chi connectivity index (χ2v) is 5.03. The van der Waals surface area contributed by atoms with Gasteiger partial charge in [0.2, 0.25) is 5.91 Å². The number of rotatable bonds is 2. The summed E-state index contributed by atoms with van der Waals surface area (Å²) in [6, 6.07) is 4.29. The summed E-state index contributed by atoms with van der Waals surface area (Å²) >= 11 is 3.25. The maximum absolute atomic E-state index is 13.4. The molecule has 100 valence electrons. The highest BCUT2D eigenvalue weighted by Crippen LogP contribution is 2.20. The van der Waals surface area contributed by atoms with E-state index in [4.69, 9.17) is 0 Å². The van der Waals surface area contributed by atoms with Gasteiger partial charge in [-0.25, -0.2) is 4.39 Å². The van der Waals surface area contributed by atoms with Crippen molar-refractivity contribution in [2.75, 3.05) is 11.9 Å². The highest BCUT2D eigenvalue weighted by Gasteiger charge is 2.21. The summed E-state index contributed by atoms with van der Waals surface area (Å²) in [5.74, 6) is -0.584. The van der Waals surface area contributed by atoms with Gasteiger partial charge in [-0.2, -0.15) is 0 Å². The Balaban J connectivity index is 0.00000162. The summed E-state index contributed by atoms with van der Waals surface area (Å²) in [6.45, 7) is 0.846. The van der Waals surface area contributed by atoms with Gasteiger partial charge in [-0.15, -0.1) is 12.4 Å². The standard InChI is InChI=1S/C12H14BrFN2O.ClH/c13-8-4-5-9(14)11(7-8)16-12(17)10-3-1-2-6-15-10;/h4-5,7,10,15H,1-3,6H2,(H,16,17);1H. The van der Waals surface area contributed by atoms with Crippen LogP contribution in [0, 0.1) is 5.82 Å². The molecule has 1 saturated heterocycles. The van der Waals surface area contributed by atoms with Crippen LogP contribution < -0.4 is 10.6 Å². The van der Waals surface area contributed by atoms with Crippen molar-refractivity contribution in [1.82, 2.24) is 5.32 Å². The van der Waals surface area contributed by atoms with Crippen molar-refractivity contribution in [2.24, 2.45) is 0 Å². The number of nitrogens with one attached hydrogen (secondary N) is 2. The summed E-state index contributed by atoms with van der Waals surface area (Å²) in [5.41, 5.74) is 0.219. The molecular weight excluding hydrogens is 323 g/mol. The number of carbonyl (C=O) groups excluding carboxylic acids is 1. The molecule has 1 aliphatic rings. The van der Waals surface area contributed by atoms with Crippen LogP contribution in [0.5, 0.6) is 0 Å². The highest BCUT2D eigenvalue weighted by atomic mass is 79.9. The fourth-order valence-electron chi connectivity index (χ4n) is 1.89. The summed E-state index contributed by atoms with van der Waals surface area (Å²) in [5, 5.41) is 5.74. The highest BCUT2D eigenvalue weighted by molar-refractivity contribution is 9.10. The SMILES string of the molecule is Cl.O=C(Nc1cc(Br)ccc1F)C1CCCCN1. The average molecular weight is 338 g/mol. The van der Waals surface area contributed by atoms with Gasteiger partial charge in [-0.05, 0) is 37.6 Å². The fourth-order valence-corrected chi connectivity index (χ4v) is 2.25. The second-order valence-electron chi connectivity index (χ2n) is 4.12. The van der Waals surface area contributed by atoms with E-state index in [1.54, 1.807) is 12.1 Å². The zero-order valence-electron chi connectivity index (χ0n) is 9.71. The molecule has 1 heterocycles. The molecule has 1 amide bonds. The lowest BCUT2D eigenvalue weighted by Crippen LogP contribution is -2.43. The van der Waals surface area contributed by atoms with Crippen molar-refractivity contribution in [1.29, 1.82) is 0 Å². The van der Waals surface area contributed by atoms with Crippen LogP contribution in [-0.2, 0) is 4.79 Å². The van der Waals surface area contributed by atoms with Gasteiger partial charge in [0.25, 0.3) is 0 Å². The van der Waals surface area contributed by atoms with E-state index in [0.29, 0.717) is 0 Å². The number of hydrogen-bond donors (Lipinski definition) is 2. The molecule has 1 aromatic rings. The quantitative estimate of drug-likeness (QED) is 0.871. The number of halogens is 3. The molecule has 1 aromatic carbocycles. The van der Waals surface area contributed by atoms with Crippen LogP contribution in [0.25, 0.3) is 0 Å². The molecule has 0 spiro atoms. The van der Waals surface area contributed by atoms with Gasteiger partial charge in [0.05, 0.1) is 11.7 Å². The molecule has 1 unspecified atom stereocenters. The molecule has 2 N–H and O–H groups in total. The smallest absolute Gasteiger partial charge is 0.241 e. The van der Waals surface area contributed by atoms with Gasteiger partial charge in [-0.3, -0.25) is 4.79 Å². The molecule has 3 nitrogen and oxygen atoms in total. The average Bonchev–Trinajstić information content (AvgIpc) is 2.35. The molecule has 6 heteroatoms. The number of hydrogen-bond acceptors (Lipinski definition) is 2. The van der Waals surface area contributed by atoms with E-state index in [1.165, 1.54) is 6.07 Å².